The van der Waals surface area contributed by atoms with Crippen molar-refractivity contribution in [2.75, 3.05) is 25.1 Å². The zero-order chi connectivity index (χ0) is 22.7. The highest BCUT2D eigenvalue weighted by molar-refractivity contribution is 5.94. The van der Waals surface area contributed by atoms with E-state index in [1.54, 1.807) is 7.11 Å². The highest BCUT2D eigenvalue weighted by Gasteiger charge is 2.23. The van der Waals surface area contributed by atoms with Gasteiger partial charge in [0.15, 0.2) is 5.82 Å². The quantitative estimate of drug-likeness (QED) is 0.609. The fourth-order valence-corrected chi connectivity index (χ4v) is 4.03. The van der Waals surface area contributed by atoms with Crippen molar-refractivity contribution in [2.24, 2.45) is 0 Å². The average molecular weight is 433 g/mol. The molecule has 1 aliphatic heterocycles. The van der Waals surface area contributed by atoms with Crippen LogP contribution in [0.5, 0.6) is 5.75 Å². The van der Waals surface area contributed by atoms with Crippen molar-refractivity contribution in [2.45, 2.75) is 45.1 Å². The number of carbonyl (C=O) groups excluding carboxylic acids is 1. The first-order chi connectivity index (χ1) is 15.3. The number of nitrogens with one attached hydrogen (secondary N) is 2. The lowest BCUT2D eigenvalue weighted by molar-refractivity contribution is 0.0931. The molecule has 0 bridgehead atoms. The first-order valence-electron chi connectivity index (χ1n) is 11.2. The molecule has 2 N–H and O–H groups in total. The number of methoxy groups -OCH3 is 1. The number of rotatable bonds is 5. The Kier molecular flexibility index (Phi) is 6.21. The Balaban J connectivity index is 1.31. The molecule has 6 heteroatoms. The number of nitrogens with zero attached hydrogens (tertiary/aromatic N) is 2. The molecular weight excluding hydrogens is 400 g/mol. The Morgan fingerprint density at radius 3 is 2.31 bits per heavy atom. The van der Waals surface area contributed by atoms with Gasteiger partial charge in [-0.2, -0.15) is 5.10 Å². The summed E-state index contributed by atoms with van der Waals surface area (Å²) in [6.45, 7) is 8.25. The first-order valence-corrected chi connectivity index (χ1v) is 11.2. The van der Waals surface area contributed by atoms with Gasteiger partial charge in [0, 0.05) is 30.8 Å². The Labute approximate surface area is 190 Å². The van der Waals surface area contributed by atoms with E-state index in [0.717, 1.165) is 54.3 Å². The van der Waals surface area contributed by atoms with Gasteiger partial charge in [0.05, 0.1) is 12.8 Å². The Morgan fingerprint density at radius 1 is 1.06 bits per heavy atom. The zero-order valence-corrected chi connectivity index (χ0v) is 19.3. The second-order valence-electron chi connectivity index (χ2n) is 9.43. The molecule has 32 heavy (non-hydrogen) atoms. The summed E-state index contributed by atoms with van der Waals surface area (Å²) in [5.74, 6) is 1.78. The number of carbonyl (C=O) groups is 1. The second kappa shape index (κ2) is 9.07. The van der Waals surface area contributed by atoms with Crippen LogP contribution >= 0.6 is 0 Å². The molecule has 1 aliphatic rings. The smallest absolute Gasteiger partial charge is 0.251 e. The van der Waals surface area contributed by atoms with Gasteiger partial charge in [-0.1, -0.05) is 32.9 Å². The van der Waals surface area contributed by atoms with Crippen LogP contribution in [0, 0.1) is 0 Å². The lowest BCUT2D eigenvalue weighted by Crippen LogP contribution is -2.44. The van der Waals surface area contributed by atoms with E-state index < -0.39 is 0 Å². The minimum Gasteiger partial charge on any atom is -0.497 e. The van der Waals surface area contributed by atoms with Gasteiger partial charge in [0.1, 0.15) is 5.75 Å². The molecule has 0 unspecified atom stereocenters. The van der Waals surface area contributed by atoms with Crippen LogP contribution in [0.3, 0.4) is 0 Å². The monoisotopic (exact) mass is 432 g/mol. The molecule has 1 amide bonds. The van der Waals surface area contributed by atoms with Crippen LogP contribution in [0.15, 0.2) is 54.6 Å². The molecule has 1 fully saturated rings. The number of anilines is 1. The molecule has 168 valence electrons. The molecule has 1 saturated heterocycles. The minimum absolute atomic E-state index is 0.00507. The van der Waals surface area contributed by atoms with Crippen LogP contribution in [0.4, 0.5) is 5.82 Å². The van der Waals surface area contributed by atoms with Crippen molar-refractivity contribution in [1.29, 1.82) is 0 Å². The van der Waals surface area contributed by atoms with Crippen molar-refractivity contribution in [3.05, 3.63) is 65.7 Å². The molecule has 3 aromatic rings. The third kappa shape index (κ3) is 4.96. The average Bonchev–Trinajstić information content (AvgIpc) is 3.29. The number of aromatic nitrogens is 2. The molecule has 1 aromatic heterocycles. The van der Waals surface area contributed by atoms with Crippen LogP contribution in [0.25, 0.3) is 11.3 Å². The van der Waals surface area contributed by atoms with Crippen LogP contribution in [-0.2, 0) is 5.41 Å². The topological polar surface area (TPSA) is 70.2 Å². The predicted molar refractivity (Wildman–Crippen MR) is 128 cm³/mol. The van der Waals surface area contributed by atoms with Gasteiger partial charge in [-0.05, 0) is 65.8 Å². The molecule has 0 radical (unpaired) electrons. The predicted octanol–water partition coefficient (Wildman–Crippen LogP) is 4.78. The van der Waals surface area contributed by atoms with Crippen molar-refractivity contribution < 1.29 is 9.53 Å². The molecule has 0 saturated carbocycles. The number of benzene rings is 2. The van der Waals surface area contributed by atoms with E-state index in [1.165, 1.54) is 5.56 Å². The van der Waals surface area contributed by atoms with Crippen molar-refractivity contribution in [3.63, 3.8) is 0 Å². The van der Waals surface area contributed by atoms with Gasteiger partial charge in [-0.15, -0.1) is 0 Å². The van der Waals surface area contributed by atoms with E-state index in [9.17, 15) is 4.79 Å². The fourth-order valence-electron chi connectivity index (χ4n) is 4.03. The zero-order valence-electron chi connectivity index (χ0n) is 19.3. The fraction of sp³-hybridized carbons (Fsp3) is 0.385. The Hall–Kier alpha value is -3.28. The Bertz CT molecular complexity index is 1040. The summed E-state index contributed by atoms with van der Waals surface area (Å²) in [7, 11) is 1.66. The number of amides is 1. The minimum atomic E-state index is 0.00507. The Morgan fingerprint density at radius 2 is 1.72 bits per heavy atom. The number of H-pyrrole nitrogens is 1. The van der Waals surface area contributed by atoms with E-state index >= 15 is 0 Å². The summed E-state index contributed by atoms with van der Waals surface area (Å²) in [5.41, 5.74) is 4.09. The standard InChI is InChI=1S/C26H32N4O2/c1-26(2,3)20-9-5-19(6-10-20)25(31)27-21-13-15-30(16-14-21)24-17-23(28-29-24)18-7-11-22(32-4)12-8-18/h5-12,17,21H,13-16H2,1-4H3,(H,27,31)(H,28,29). The second-order valence-corrected chi connectivity index (χ2v) is 9.43. The largest absolute Gasteiger partial charge is 0.497 e. The lowest BCUT2D eigenvalue weighted by Gasteiger charge is -2.32. The van der Waals surface area contributed by atoms with Crippen molar-refractivity contribution in [3.8, 4) is 17.0 Å². The number of aromatic amines is 1. The normalized spacial score (nSPS) is 14.9. The van der Waals surface area contributed by atoms with E-state index in [0.29, 0.717) is 0 Å². The molecular formula is C26H32N4O2. The third-order valence-corrected chi connectivity index (χ3v) is 6.13. The van der Waals surface area contributed by atoms with Gasteiger partial charge < -0.3 is 15.0 Å². The van der Waals surface area contributed by atoms with Crippen LogP contribution < -0.4 is 15.0 Å². The number of ether oxygens (including phenoxy) is 1. The van der Waals surface area contributed by atoms with E-state index in [2.05, 4.69) is 59.4 Å². The van der Waals surface area contributed by atoms with Crippen molar-refractivity contribution in [1.82, 2.24) is 15.5 Å². The van der Waals surface area contributed by atoms with E-state index in [4.69, 9.17) is 4.74 Å². The maximum absolute atomic E-state index is 12.7. The first kappa shape index (κ1) is 21.9. The number of piperidine rings is 1. The molecule has 6 nitrogen and oxygen atoms in total. The highest BCUT2D eigenvalue weighted by Crippen LogP contribution is 2.26. The maximum Gasteiger partial charge on any atom is 0.251 e. The molecule has 0 atom stereocenters. The molecule has 4 rings (SSSR count). The van der Waals surface area contributed by atoms with Crippen LogP contribution in [0.1, 0.15) is 49.5 Å². The summed E-state index contributed by atoms with van der Waals surface area (Å²) in [6.07, 6.45) is 1.80. The molecule has 2 heterocycles. The number of hydrogen-bond acceptors (Lipinski definition) is 4. The van der Waals surface area contributed by atoms with E-state index in [1.807, 2.05) is 36.4 Å². The van der Waals surface area contributed by atoms with Gasteiger partial charge in [0.2, 0.25) is 0 Å². The van der Waals surface area contributed by atoms with Gasteiger partial charge in [-0.3, -0.25) is 9.89 Å². The highest BCUT2D eigenvalue weighted by atomic mass is 16.5. The van der Waals surface area contributed by atoms with Crippen molar-refractivity contribution >= 4 is 11.7 Å². The summed E-state index contributed by atoms with van der Waals surface area (Å²) < 4.78 is 5.23. The molecule has 0 aliphatic carbocycles. The van der Waals surface area contributed by atoms with Crippen LogP contribution in [0.2, 0.25) is 0 Å². The summed E-state index contributed by atoms with van der Waals surface area (Å²) in [6, 6.07) is 18.1. The van der Waals surface area contributed by atoms with Crippen LogP contribution in [-0.4, -0.2) is 42.3 Å². The SMILES string of the molecule is COc1ccc(-c2cc(N3CCC(NC(=O)c4ccc(C(C)(C)C)cc4)CC3)n[nH]2)cc1. The maximum atomic E-state index is 12.7. The number of hydrogen-bond donors (Lipinski definition) is 2. The third-order valence-electron chi connectivity index (χ3n) is 6.13. The summed E-state index contributed by atoms with van der Waals surface area (Å²) >= 11 is 0. The summed E-state index contributed by atoms with van der Waals surface area (Å²) in [4.78, 5) is 14.9. The van der Waals surface area contributed by atoms with Gasteiger partial charge in [0.25, 0.3) is 5.91 Å². The molecule has 2 aromatic carbocycles. The van der Waals surface area contributed by atoms with E-state index in [-0.39, 0.29) is 17.4 Å². The van der Waals surface area contributed by atoms with Gasteiger partial charge >= 0.3 is 0 Å². The summed E-state index contributed by atoms with van der Waals surface area (Å²) in [5, 5.41) is 10.8. The molecule has 0 spiro atoms. The lowest BCUT2D eigenvalue weighted by atomic mass is 9.86. The van der Waals surface area contributed by atoms with Gasteiger partial charge in [-0.25, -0.2) is 0 Å².